The molecular formula is C13H18N2O2S. The molecule has 5 heteroatoms. The molecule has 4 nitrogen and oxygen atoms in total. The SMILES string of the molecule is CC(=O)N[C@@H](Cc1ccccc1)C(=O)NCCS. The molecule has 0 aliphatic heterocycles. The highest BCUT2D eigenvalue weighted by molar-refractivity contribution is 7.80. The highest BCUT2D eigenvalue weighted by Gasteiger charge is 2.19. The molecule has 1 aromatic carbocycles. The van der Waals surface area contributed by atoms with Crippen molar-refractivity contribution in [2.24, 2.45) is 0 Å². The summed E-state index contributed by atoms with van der Waals surface area (Å²) in [5, 5.41) is 5.39. The van der Waals surface area contributed by atoms with Gasteiger partial charge in [0.1, 0.15) is 6.04 Å². The summed E-state index contributed by atoms with van der Waals surface area (Å²) in [7, 11) is 0. The lowest BCUT2D eigenvalue weighted by Crippen LogP contribution is -2.47. The fraction of sp³-hybridized carbons (Fsp3) is 0.385. The third-order valence-electron chi connectivity index (χ3n) is 2.39. The Morgan fingerprint density at radius 2 is 1.94 bits per heavy atom. The van der Waals surface area contributed by atoms with Crippen molar-refractivity contribution in [1.29, 1.82) is 0 Å². The minimum absolute atomic E-state index is 0.178. The molecule has 0 aliphatic carbocycles. The van der Waals surface area contributed by atoms with E-state index in [-0.39, 0.29) is 11.8 Å². The van der Waals surface area contributed by atoms with Gasteiger partial charge in [0.15, 0.2) is 0 Å². The van der Waals surface area contributed by atoms with E-state index in [2.05, 4.69) is 23.3 Å². The van der Waals surface area contributed by atoms with Crippen molar-refractivity contribution in [3.63, 3.8) is 0 Å². The lowest BCUT2D eigenvalue weighted by molar-refractivity contribution is -0.127. The Balaban J connectivity index is 2.66. The van der Waals surface area contributed by atoms with Crippen molar-refractivity contribution in [3.8, 4) is 0 Å². The molecule has 0 heterocycles. The quantitative estimate of drug-likeness (QED) is 0.666. The molecule has 0 radical (unpaired) electrons. The maximum atomic E-state index is 11.9. The number of thiol groups is 1. The van der Waals surface area contributed by atoms with Crippen LogP contribution in [0.15, 0.2) is 30.3 Å². The first-order valence-corrected chi connectivity index (χ1v) is 6.46. The van der Waals surface area contributed by atoms with E-state index in [1.54, 1.807) is 0 Å². The molecule has 0 aromatic heterocycles. The van der Waals surface area contributed by atoms with Gasteiger partial charge in [-0.05, 0) is 5.56 Å². The zero-order chi connectivity index (χ0) is 13.4. The number of carbonyl (C=O) groups is 2. The van der Waals surface area contributed by atoms with Gasteiger partial charge in [0.2, 0.25) is 11.8 Å². The zero-order valence-electron chi connectivity index (χ0n) is 10.3. The topological polar surface area (TPSA) is 58.2 Å². The normalized spacial score (nSPS) is 11.7. The maximum Gasteiger partial charge on any atom is 0.242 e. The molecular weight excluding hydrogens is 248 g/mol. The number of hydrogen-bond donors (Lipinski definition) is 3. The first-order chi connectivity index (χ1) is 8.63. The second kappa shape index (κ2) is 7.76. The predicted octanol–water partition coefficient (Wildman–Crippen LogP) is 0.780. The average Bonchev–Trinajstić information content (AvgIpc) is 2.36. The molecule has 0 unspecified atom stereocenters. The Morgan fingerprint density at radius 1 is 1.28 bits per heavy atom. The minimum Gasteiger partial charge on any atom is -0.353 e. The van der Waals surface area contributed by atoms with Crippen LogP contribution in [0.2, 0.25) is 0 Å². The van der Waals surface area contributed by atoms with Gasteiger partial charge in [0.05, 0.1) is 0 Å². The molecule has 2 N–H and O–H groups in total. The molecule has 0 bridgehead atoms. The van der Waals surface area contributed by atoms with Crippen LogP contribution in [0.25, 0.3) is 0 Å². The molecule has 2 amide bonds. The van der Waals surface area contributed by atoms with E-state index < -0.39 is 6.04 Å². The zero-order valence-corrected chi connectivity index (χ0v) is 11.2. The van der Waals surface area contributed by atoms with Gasteiger partial charge < -0.3 is 10.6 Å². The predicted molar refractivity (Wildman–Crippen MR) is 74.6 cm³/mol. The Hall–Kier alpha value is -1.49. The summed E-state index contributed by atoms with van der Waals surface area (Å²) in [5.74, 6) is 0.184. The van der Waals surface area contributed by atoms with Crippen molar-refractivity contribution in [2.45, 2.75) is 19.4 Å². The minimum atomic E-state index is -0.537. The van der Waals surface area contributed by atoms with Crippen molar-refractivity contribution in [2.75, 3.05) is 12.3 Å². The smallest absolute Gasteiger partial charge is 0.242 e. The summed E-state index contributed by atoms with van der Waals surface area (Å²) in [4.78, 5) is 23.0. The van der Waals surface area contributed by atoms with Crippen LogP contribution in [0.5, 0.6) is 0 Å². The van der Waals surface area contributed by atoms with Crippen LogP contribution in [0, 0.1) is 0 Å². The summed E-state index contributed by atoms with van der Waals surface area (Å²) in [6.45, 7) is 1.90. The van der Waals surface area contributed by atoms with Gasteiger partial charge in [-0.25, -0.2) is 0 Å². The Labute approximate surface area is 113 Å². The van der Waals surface area contributed by atoms with Crippen LogP contribution in [0.3, 0.4) is 0 Å². The third-order valence-corrected chi connectivity index (χ3v) is 2.61. The van der Waals surface area contributed by atoms with Gasteiger partial charge in [-0.15, -0.1) is 0 Å². The van der Waals surface area contributed by atoms with E-state index >= 15 is 0 Å². The Bertz CT molecular complexity index is 395. The van der Waals surface area contributed by atoms with Gasteiger partial charge in [0, 0.05) is 25.6 Å². The van der Waals surface area contributed by atoms with E-state index in [0.29, 0.717) is 18.7 Å². The number of benzene rings is 1. The molecule has 0 spiro atoms. The fourth-order valence-corrected chi connectivity index (χ4v) is 1.72. The summed E-state index contributed by atoms with van der Waals surface area (Å²) in [5.41, 5.74) is 1.01. The van der Waals surface area contributed by atoms with E-state index in [1.807, 2.05) is 30.3 Å². The maximum absolute atomic E-state index is 11.9. The van der Waals surface area contributed by atoms with Gasteiger partial charge in [-0.2, -0.15) is 12.6 Å². The lowest BCUT2D eigenvalue weighted by Gasteiger charge is -2.17. The van der Waals surface area contributed by atoms with Crippen LogP contribution >= 0.6 is 12.6 Å². The van der Waals surface area contributed by atoms with Crippen LogP contribution in [0.1, 0.15) is 12.5 Å². The molecule has 1 aromatic rings. The Kier molecular flexibility index (Phi) is 6.28. The number of rotatable bonds is 6. The van der Waals surface area contributed by atoms with Crippen molar-refractivity contribution < 1.29 is 9.59 Å². The van der Waals surface area contributed by atoms with Crippen LogP contribution in [-0.2, 0) is 16.0 Å². The monoisotopic (exact) mass is 266 g/mol. The van der Waals surface area contributed by atoms with Crippen LogP contribution < -0.4 is 10.6 Å². The molecule has 0 aliphatic rings. The van der Waals surface area contributed by atoms with Gasteiger partial charge in [-0.3, -0.25) is 9.59 Å². The fourth-order valence-electron chi connectivity index (χ4n) is 1.61. The largest absolute Gasteiger partial charge is 0.353 e. The molecule has 1 rings (SSSR count). The summed E-state index contributed by atoms with van der Waals surface area (Å²) in [6, 6.07) is 9.06. The van der Waals surface area contributed by atoms with E-state index in [9.17, 15) is 9.59 Å². The first-order valence-electron chi connectivity index (χ1n) is 5.83. The molecule has 98 valence electrons. The highest BCUT2D eigenvalue weighted by Crippen LogP contribution is 2.03. The van der Waals surface area contributed by atoms with Crippen molar-refractivity contribution in [3.05, 3.63) is 35.9 Å². The van der Waals surface area contributed by atoms with Gasteiger partial charge in [0.25, 0.3) is 0 Å². The number of hydrogen-bond acceptors (Lipinski definition) is 3. The summed E-state index contributed by atoms with van der Waals surface area (Å²) < 4.78 is 0. The van der Waals surface area contributed by atoms with E-state index in [1.165, 1.54) is 6.92 Å². The van der Waals surface area contributed by atoms with Gasteiger partial charge >= 0.3 is 0 Å². The van der Waals surface area contributed by atoms with Gasteiger partial charge in [-0.1, -0.05) is 30.3 Å². The molecule has 0 saturated carbocycles. The number of amides is 2. The summed E-state index contributed by atoms with van der Waals surface area (Å²) in [6.07, 6.45) is 0.485. The van der Waals surface area contributed by atoms with E-state index in [0.717, 1.165) is 5.56 Å². The van der Waals surface area contributed by atoms with E-state index in [4.69, 9.17) is 0 Å². The molecule has 0 fully saturated rings. The molecule has 18 heavy (non-hydrogen) atoms. The third kappa shape index (κ3) is 5.23. The van der Waals surface area contributed by atoms with Crippen LogP contribution in [-0.4, -0.2) is 30.2 Å². The standard InChI is InChI=1S/C13H18N2O2S/c1-10(16)15-12(13(17)14-7-8-18)9-11-5-3-2-4-6-11/h2-6,12,18H,7-9H2,1H3,(H,14,17)(H,15,16)/t12-/m0/s1. The van der Waals surface area contributed by atoms with Crippen LogP contribution in [0.4, 0.5) is 0 Å². The van der Waals surface area contributed by atoms with Crippen molar-refractivity contribution >= 4 is 24.4 Å². The number of carbonyl (C=O) groups excluding carboxylic acids is 2. The highest BCUT2D eigenvalue weighted by atomic mass is 32.1. The second-order valence-electron chi connectivity index (χ2n) is 3.96. The second-order valence-corrected chi connectivity index (χ2v) is 4.40. The van der Waals surface area contributed by atoms with Crippen molar-refractivity contribution in [1.82, 2.24) is 10.6 Å². The lowest BCUT2D eigenvalue weighted by atomic mass is 10.1. The first kappa shape index (κ1) is 14.6. The number of nitrogens with one attached hydrogen (secondary N) is 2. The summed E-state index contributed by atoms with van der Waals surface area (Å²) >= 11 is 4.03. The molecule has 0 saturated heterocycles. The average molecular weight is 266 g/mol. The Morgan fingerprint density at radius 3 is 2.50 bits per heavy atom. The molecule has 1 atom stereocenters.